The number of benzene rings is 3. The van der Waals surface area contributed by atoms with E-state index >= 15 is 0 Å². The van der Waals surface area contributed by atoms with Gasteiger partial charge in [-0.15, -0.1) is 0 Å². The van der Waals surface area contributed by atoms with Gasteiger partial charge in [-0.3, -0.25) is 9.52 Å². The van der Waals surface area contributed by atoms with Crippen LogP contribution in [-0.4, -0.2) is 14.3 Å². The molecule has 156 valence electrons. The Hall–Kier alpha value is -3.33. The SMILES string of the molecule is Cc1ccc(S(=O)(=O)Nc2ccc(NC(=O)c3ccccc3C(F)(F)F)cc2)cc1. The number of carbonyl (C=O) groups excluding carboxylic acids is 1. The van der Waals surface area contributed by atoms with Crippen LogP contribution < -0.4 is 10.0 Å². The molecule has 0 aromatic heterocycles. The molecule has 0 aliphatic carbocycles. The normalized spacial score (nSPS) is 11.7. The van der Waals surface area contributed by atoms with Crippen molar-refractivity contribution in [2.75, 3.05) is 10.0 Å². The minimum atomic E-state index is -4.66. The summed E-state index contributed by atoms with van der Waals surface area (Å²) >= 11 is 0. The van der Waals surface area contributed by atoms with E-state index < -0.39 is 33.2 Å². The number of alkyl halides is 3. The van der Waals surface area contributed by atoms with E-state index in [9.17, 15) is 26.4 Å². The third-order valence-electron chi connectivity index (χ3n) is 4.20. The second-order valence-corrected chi connectivity index (χ2v) is 8.18. The molecule has 1 amide bonds. The average molecular weight is 434 g/mol. The van der Waals surface area contributed by atoms with E-state index in [0.717, 1.165) is 17.7 Å². The molecule has 3 aromatic carbocycles. The van der Waals surface area contributed by atoms with E-state index in [2.05, 4.69) is 10.0 Å². The Morgan fingerprint density at radius 1 is 0.833 bits per heavy atom. The Balaban J connectivity index is 1.74. The zero-order valence-electron chi connectivity index (χ0n) is 15.7. The number of hydrogen-bond acceptors (Lipinski definition) is 3. The number of anilines is 2. The average Bonchev–Trinajstić information content (AvgIpc) is 2.69. The van der Waals surface area contributed by atoms with Crippen LogP contribution in [0.2, 0.25) is 0 Å². The molecule has 0 bridgehead atoms. The van der Waals surface area contributed by atoms with Crippen LogP contribution in [0.5, 0.6) is 0 Å². The van der Waals surface area contributed by atoms with Crippen LogP contribution in [0.25, 0.3) is 0 Å². The predicted octanol–water partition coefficient (Wildman–Crippen LogP) is 5.07. The summed E-state index contributed by atoms with van der Waals surface area (Å²) in [5.74, 6) is -0.920. The van der Waals surface area contributed by atoms with E-state index in [1.165, 1.54) is 48.5 Å². The fourth-order valence-corrected chi connectivity index (χ4v) is 3.74. The highest BCUT2D eigenvalue weighted by molar-refractivity contribution is 7.92. The lowest BCUT2D eigenvalue weighted by molar-refractivity contribution is -0.137. The van der Waals surface area contributed by atoms with Gasteiger partial charge in [-0.2, -0.15) is 13.2 Å². The maximum Gasteiger partial charge on any atom is 0.417 e. The lowest BCUT2D eigenvalue weighted by Gasteiger charge is -2.13. The van der Waals surface area contributed by atoms with Crippen molar-refractivity contribution < 1.29 is 26.4 Å². The van der Waals surface area contributed by atoms with E-state index in [4.69, 9.17) is 0 Å². The number of carbonyl (C=O) groups is 1. The molecule has 0 heterocycles. The van der Waals surface area contributed by atoms with Crippen LogP contribution in [0.1, 0.15) is 21.5 Å². The summed E-state index contributed by atoms with van der Waals surface area (Å²) in [6.07, 6.45) is -4.66. The quantitative estimate of drug-likeness (QED) is 0.589. The van der Waals surface area contributed by atoms with Gasteiger partial charge in [0.1, 0.15) is 0 Å². The fourth-order valence-electron chi connectivity index (χ4n) is 2.68. The molecule has 0 fully saturated rings. The number of rotatable bonds is 5. The predicted molar refractivity (Wildman–Crippen MR) is 108 cm³/mol. The molecule has 2 N–H and O–H groups in total. The first-order valence-electron chi connectivity index (χ1n) is 8.73. The molecule has 0 aliphatic heterocycles. The van der Waals surface area contributed by atoms with Crippen molar-refractivity contribution in [3.8, 4) is 0 Å². The summed E-state index contributed by atoms with van der Waals surface area (Å²) in [5.41, 5.74) is -0.167. The summed E-state index contributed by atoms with van der Waals surface area (Å²) in [5, 5.41) is 2.38. The van der Waals surface area contributed by atoms with Crippen LogP contribution >= 0.6 is 0 Å². The molecule has 3 aromatic rings. The molecule has 0 saturated heterocycles. The van der Waals surface area contributed by atoms with Gasteiger partial charge in [-0.1, -0.05) is 29.8 Å². The summed E-state index contributed by atoms with van der Waals surface area (Å²) in [6, 6.07) is 16.3. The van der Waals surface area contributed by atoms with Crippen molar-refractivity contribution in [1.82, 2.24) is 0 Å². The van der Waals surface area contributed by atoms with Crippen LogP contribution in [0, 0.1) is 6.92 Å². The Labute approximate surface area is 171 Å². The topological polar surface area (TPSA) is 75.3 Å². The first-order valence-corrected chi connectivity index (χ1v) is 10.2. The van der Waals surface area contributed by atoms with Crippen molar-refractivity contribution >= 4 is 27.3 Å². The Kier molecular flexibility index (Phi) is 5.84. The molecular formula is C21H17F3N2O3S. The maximum atomic E-state index is 13.1. The van der Waals surface area contributed by atoms with E-state index in [1.807, 2.05) is 6.92 Å². The van der Waals surface area contributed by atoms with Gasteiger partial charge in [0.25, 0.3) is 15.9 Å². The number of amides is 1. The standard InChI is InChI=1S/C21H17F3N2O3S/c1-14-6-12-17(13-7-14)30(28,29)26-16-10-8-15(9-11-16)25-20(27)18-4-2-3-5-19(18)21(22,23)24/h2-13,26H,1H3,(H,25,27). The first kappa shape index (κ1) is 21.4. The van der Waals surface area contributed by atoms with Gasteiger partial charge in [0.15, 0.2) is 0 Å². The van der Waals surface area contributed by atoms with Crippen molar-refractivity contribution in [1.29, 1.82) is 0 Å². The van der Waals surface area contributed by atoms with Crippen LogP contribution in [0.15, 0.2) is 77.7 Å². The molecule has 0 saturated carbocycles. The van der Waals surface area contributed by atoms with Gasteiger partial charge in [0, 0.05) is 11.4 Å². The van der Waals surface area contributed by atoms with E-state index in [0.29, 0.717) is 0 Å². The molecular weight excluding hydrogens is 417 g/mol. The van der Waals surface area contributed by atoms with Crippen molar-refractivity contribution in [3.05, 3.63) is 89.5 Å². The Morgan fingerprint density at radius 3 is 2.00 bits per heavy atom. The second kappa shape index (κ2) is 8.19. The number of nitrogens with one attached hydrogen (secondary N) is 2. The number of aryl methyl sites for hydroxylation is 1. The zero-order chi connectivity index (χ0) is 21.9. The lowest BCUT2D eigenvalue weighted by Crippen LogP contribution is -2.18. The van der Waals surface area contributed by atoms with E-state index in [-0.39, 0.29) is 16.3 Å². The number of hydrogen-bond donors (Lipinski definition) is 2. The third-order valence-corrected chi connectivity index (χ3v) is 5.60. The minimum absolute atomic E-state index is 0.0919. The first-order chi connectivity index (χ1) is 14.1. The summed E-state index contributed by atoms with van der Waals surface area (Å²) in [7, 11) is -3.79. The molecule has 3 rings (SSSR count). The van der Waals surface area contributed by atoms with Crippen LogP contribution in [-0.2, 0) is 16.2 Å². The van der Waals surface area contributed by atoms with Gasteiger partial charge in [0.05, 0.1) is 16.0 Å². The molecule has 0 aliphatic rings. The number of sulfonamides is 1. The van der Waals surface area contributed by atoms with Gasteiger partial charge in [0.2, 0.25) is 0 Å². The maximum absolute atomic E-state index is 13.1. The summed E-state index contributed by atoms with van der Waals surface area (Å²) in [6.45, 7) is 1.84. The van der Waals surface area contributed by atoms with Crippen molar-refractivity contribution in [2.24, 2.45) is 0 Å². The van der Waals surface area contributed by atoms with Crippen LogP contribution in [0.4, 0.5) is 24.5 Å². The number of halogens is 3. The third kappa shape index (κ3) is 4.98. The Bertz CT molecular complexity index is 1160. The molecule has 0 spiro atoms. The summed E-state index contributed by atoms with van der Waals surface area (Å²) in [4.78, 5) is 12.4. The molecule has 0 unspecified atom stereocenters. The van der Waals surface area contributed by atoms with Gasteiger partial charge in [-0.05, 0) is 55.5 Å². The second-order valence-electron chi connectivity index (χ2n) is 6.49. The summed E-state index contributed by atoms with van der Waals surface area (Å²) < 4.78 is 66.4. The monoisotopic (exact) mass is 434 g/mol. The lowest BCUT2D eigenvalue weighted by atomic mass is 10.1. The highest BCUT2D eigenvalue weighted by atomic mass is 32.2. The zero-order valence-corrected chi connectivity index (χ0v) is 16.5. The molecule has 0 atom stereocenters. The van der Waals surface area contributed by atoms with Gasteiger partial charge < -0.3 is 5.32 Å². The smallest absolute Gasteiger partial charge is 0.322 e. The fraction of sp³-hybridized carbons (Fsp3) is 0.0952. The van der Waals surface area contributed by atoms with E-state index in [1.54, 1.807) is 12.1 Å². The largest absolute Gasteiger partial charge is 0.417 e. The van der Waals surface area contributed by atoms with Gasteiger partial charge >= 0.3 is 6.18 Å². The molecule has 0 radical (unpaired) electrons. The van der Waals surface area contributed by atoms with Crippen molar-refractivity contribution in [3.63, 3.8) is 0 Å². The highest BCUT2D eigenvalue weighted by Crippen LogP contribution is 2.32. The minimum Gasteiger partial charge on any atom is -0.322 e. The molecule has 9 heteroatoms. The van der Waals surface area contributed by atoms with Crippen molar-refractivity contribution in [2.45, 2.75) is 18.0 Å². The highest BCUT2D eigenvalue weighted by Gasteiger charge is 2.34. The Morgan fingerprint density at radius 2 is 1.40 bits per heavy atom. The van der Waals surface area contributed by atoms with Crippen LogP contribution in [0.3, 0.4) is 0 Å². The molecule has 30 heavy (non-hydrogen) atoms. The van der Waals surface area contributed by atoms with Gasteiger partial charge in [-0.25, -0.2) is 8.42 Å². The molecule has 5 nitrogen and oxygen atoms in total.